The van der Waals surface area contributed by atoms with Crippen LogP contribution in [-0.2, 0) is 4.79 Å². The number of rotatable bonds is 3. The lowest BCUT2D eigenvalue weighted by molar-refractivity contribution is -0.126. The van der Waals surface area contributed by atoms with E-state index in [4.69, 9.17) is 0 Å². The first-order valence-electron chi connectivity index (χ1n) is 6.25. The third kappa shape index (κ3) is 4.47. The molecular formula is C15H18F3NO. The van der Waals surface area contributed by atoms with E-state index in [-0.39, 0.29) is 5.69 Å². The monoisotopic (exact) mass is 285 g/mol. The fraction of sp³-hybridized carbons (Fsp3) is 0.467. The van der Waals surface area contributed by atoms with Gasteiger partial charge in [0.05, 0.1) is 12.1 Å². The van der Waals surface area contributed by atoms with Crippen LogP contribution in [0.5, 0.6) is 0 Å². The lowest BCUT2D eigenvalue weighted by atomic mass is 9.87. The van der Waals surface area contributed by atoms with Crippen molar-refractivity contribution in [1.29, 1.82) is 0 Å². The molecule has 110 valence electrons. The number of aliphatic imine (C=N–C) groups is 1. The van der Waals surface area contributed by atoms with Crippen molar-refractivity contribution >= 4 is 17.2 Å². The zero-order chi connectivity index (χ0) is 15.6. The molecule has 0 unspecified atom stereocenters. The van der Waals surface area contributed by atoms with E-state index in [0.717, 1.165) is 0 Å². The first-order chi connectivity index (χ1) is 9.01. The summed E-state index contributed by atoms with van der Waals surface area (Å²) >= 11 is 0. The molecule has 0 atom stereocenters. The van der Waals surface area contributed by atoms with Gasteiger partial charge >= 0.3 is 6.18 Å². The van der Waals surface area contributed by atoms with Gasteiger partial charge in [0.15, 0.2) is 0 Å². The summed E-state index contributed by atoms with van der Waals surface area (Å²) in [5, 5.41) is 0. The Labute approximate surface area is 116 Å². The van der Waals surface area contributed by atoms with E-state index < -0.39 is 29.5 Å². The molecule has 0 bridgehead atoms. The summed E-state index contributed by atoms with van der Waals surface area (Å²) in [6.07, 6.45) is -5.31. The van der Waals surface area contributed by atoms with Gasteiger partial charge in [0.25, 0.3) is 0 Å². The summed E-state index contributed by atoms with van der Waals surface area (Å²) in [7, 11) is 0. The summed E-state index contributed by atoms with van der Waals surface area (Å²) in [5.41, 5.74) is -0.997. The largest absolute Gasteiger partial charge is 0.429 e. The minimum Gasteiger partial charge on any atom is -0.299 e. The number of alkyl halides is 3. The molecule has 0 aliphatic heterocycles. The molecule has 1 aromatic rings. The Morgan fingerprint density at radius 1 is 1.15 bits per heavy atom. The van der Waals surface area contributed by atoms with E-state index in [1.165, 1.54) is 6.07 Å². The number of para-hydroxylation sites is 1. The van der Waals surface area contributed by atoms with Gasteiger partial charge in [-0.05, 0) is 18.6 Å². The van der Waals surface area contributed by atoms with Crippen LogP contribution in [0.1, 0.15) is 32.8 Å². The fourth-order valence-corrected chi connectivity index (χ4v) is 1.45. The third-order valence-corrected chi connectivity index (χ3v) is 2.86. The number of halogens is 3. The first kappa shape index (κ1) is 16.4. The van der Waals surface area contributed by atoms with Crippen LogP contribution in [-0.4, -0.2) is 17.7 Å². The normalized spacial score (nSPS) is 13.4. The van der Waals surface area contributed by atoms with Crippen molar-refractivity contribution in [1.82, 2.24) is 0 Å². The average Bonchev–Trinajstić information content (AvgIpc) is 2.28. The van der Waals surface area contributed by atoms with E-state index in [2.05, 4.69) is 4.99 Å². The number of ketones is 1. The molecule has 0 spiro atoms. The van der Waals surface area contributed by atoms with Crippen LogP contribution < -0.4 is 0 Å². The maximum atomic E-state index is 13.0. The minimum absolute atomic E-state index is 0.238. The van der Waals surface area contributed by atoms with E-state index in [1.807, 2.05) is 0 Å². The summed E-state index contributed by atoms with van der Waals surface area (Å²) < 4.78 is 39.0. The smallest absolute Gasteiger partial charge is 0.299 e. The van der Waals surface area contributed by atoms with Gasteiger partial charge in [-0.1, -0.05) is 39.0 Å². The highest BCUT2D eigenvalue weighted by Crippen LogP contribution is 2.28. The van der Waals surface area contributed by atoms with Gasteiger partial charge in [0.1, 0.15) is 11.5 Å². The van der Waals surface area contributed by atoms with Gasteiger partial charge in [-0.25, -0.2) is 4.99 Å². The number of carbonyl (C=O) groups is 1. The molecule has 1 rings (SSSR count). The van der Waals surface area contributed by atoms with Crippen LogP contribution >= 0.6 is 0 Å². The summed E-state index contributed by atoms with van der Waals surface area (Å²) in [6, 6.07) is 6.52. The maximum absolute atomic E-state index is 13.0. The molecule has 0 radical (unpaired) electrons. The molecule has 0 aliphatic carbocycles. The van der Waals surface area contributed by atoms with Crippen molar-refractivity contribution < 1.29 is 18.0 Å². The second-order valence-corrected chi connectivity index (χ2v) is 5.69. The molecule has 2 nitrogen and oxygen atoms in total. The first-order valence-corrected chi connectivity index (χ1v) is 6.25. The Kier molecular flexibility index (Phi) is 4.73. The zero-order valence-electron chi connectivity index (χ0n) is 12.0. The molecule has 1 aromatic carbocycles. The molecule has 0 fully saturated rings. The van der Waals surface area contributed by atoms with Crippen molar-refractivity contribution in [3.05, 3.63) is 29.8 Å². The second kappa shape index (κ2) is 5.77. The Hall–Kier alpha value is -1.65. The van der Waals surface area contributed by atoms with Gasteiger partial charge in [-0.2, -0.15) is 13.2 Å². The Balaban J connectivity index is 3.16. The molecule has 5 heteroatoms. The second-order valence-electron chi connectivity index (χ2n) is 5.69. The molecule has 0 N–H and O–H groups in total. The minimum atomic E-state index is -4.61. The van der Waals surface area contributed by atoms with Gasteiger partial charge in [0.2, 0.25) is 0 Å². The Morgan fingerprint density at radius 2 is 1.70 bits per heavy atom. The number of hydrogen-bond acceptors (Lipinski definition) is 2. The molecular weight excluding hydrogens is 267 g/mol. The van der Waals surface area contributed by atoms with Gasteiger partial charge < -0.3 is 0 Å². The molecule has 0 saturated heterocycles. The van der Waals surface area contributed by atoms with E-state index in [9.17, 15) is 18.0 Å². The molecule has 0 saturated carbocycles. The van der Waals surface area contributed by atoms with Crippen molar-refractivity contribution in [3.8, 4) is 0 Å². The molecule has 0 amide bonds. The average molecular weight is 285 g/mol. The van der Waals surface area contributed by atoms with Crippen LogP contribution in [0.3, 0.4) is 0 Å². The fourth-order valence-electron chi connectivity index (χ4n) is 1.45. The van der Waals surface area contributed by atoms with Crippen molar-refractivity contribution in [2.24, 2.45) is 10.4 Å². The summed E-state index contributed by atoms with van der Waals surface area (Å²) in [4.78, 5) is 15.5. The van der Waals surface area contributed by atoms with E-state index in [1.54, 1.807) is 45.9 Å². The predicted molar refractivity (Wildman–Crippen MR) is 73.4 cm³/mol. The lowest BCUT2D eigenvalue weighted by Crippen LogP contribution is -2.30. The van der Waals surface area contributed by atoms with Gasteiger partial charge in [-0.15, -0.1) is 0 Å². The van der Waals surface area contributed by atoms with E-state index >= 15 is 0 Å². The molecule has 0 aromatic heterocycles. The van der Waals surface area contributed by atoms with Crippen molar-refractivity contribution in [3.63, 3.8) is 0 Å². The summed E-state index contributed by atoms with van der Waals surface area (Å²) in [5.74, 6) is -0.484. The van der Waals surface area contributed by atoms with Crippen LogP contribution in [0.15, 0.2) is 29.3 Å². The van der Waals surface area contributed by atoms with Crippen molar-refractivity contribution in [2.45, 2.75) is 40.3 Å². The number of Topliss-reactive ketones (excluding diaryl/α,β-unsaturated/α-hetero) is 1. The quantitative estimate of drug-likeness (QED) is 0.744. The molecule has 0 heterocycles. The van der Waals surface area contributed by atoms with Crippen molar-refractivity contribution in [2.75, 3.05) is 0 Å². The van der Waals surface area contributed by atoms with Crippen LogP contribution in [0.2, 0.25) is 0 Å². The lowest BCUT2D eigenvalue weighted by Gasteiger charge is -2.18. The molecule has 20 heavy (non-hydrogen) atoms. The topological polar surface area (TPSA) is 29.4 Å². The van der Waals surface area contributed by atoms with Crippen LogP contribution in [0, 0.1) is 12.3 Å². The van der Waals surface area contributed by atoms with Gasteiger partial charge in [0, 0.05) is 5.41 Å². The third-order valence-electron chi connectivity index (χ3n) is 2.86. The van der Waals surface area contributed by atoms with E-state index in [0.29, 0.717) is 5.56 Å². The highest BCUT2D eigenvalue weighted by molar-refractivity contribution is 6.07. The molecule has 0 aliphatic rings. The number of nitrogens with zero attached hydrogens (tertiary/aromatic N) is 1. The highest BCUT2D eigenvalue weighted by Gasteiger charge is 2.38. The van der Waals surface area contributed by atoms with Crippen LogP contribution in [0.4, 0.5) is 18.9 Å². The number of aryl methyl sites for hydroxylation is 1. The van der Waals surface area contributed by atoms with Crippen LogP contribution in [0.25, 0.3) is 0 Å². The highest BCUT2D eigenvalue weighted by atomic mass is 19.4. The number of hydrogen-bond donors (Lipinski definition) is 0. The zero-order valence-corrected chi connectivity index (χ0v) is 12.0. The maximum Gasteiger partial charge on any atom is 0.429 e. The SMILES string of the molecule is Cc1ccccc1N=C(CC(=O)C(C)(C)C)C(F)(F)F. The Morgan fingerprint density at radius 3 is 2.15 bits per heavy atom. The predicted octanol–water partition coefficient (Wildman–Crippen LogP) is 4.64. The van der Waals surface area contributed by atoms with Gasteiger partial charge in [-0.3, -0.25) is 4.79 Å². The summed E-state index contributed by atoms with van der Waals surface area (Å²) in [6.45, 7) is 6.46. The Bertz CT molecular complexity index is 525. The number of benzene rings is 1. The standard InChI is InChI=1S/C15H18F3NO/c1-10-7-5-6-8-11(10)19-12(15(16,17)18)9-13(20)14(2,3)4/h5-8H,9H2,1-4H3. The number of carbonyl (C=O) groups excluding carboxylic acids is 1.